The molecule has 2 aliphatic rings. The second-order valence-electron chi connectivity index (χ2n) is 4.59. The zero-order valence-corrected chi connectivity index (χ0v) is 11.0. The van der Waals surface area contributed by atoms with Gasteiger partial charge in [-0.1, -0.05) is 12.2 Å². The van der Waals surface area contributed by atoms with E-state index in [1.807, 2.05) is 0 Å². The van der Waals surface area contributed by atoms with Gasteiger partial charge in [-0.2, -0.15) is 0 Å². The molecular formula is C13H23NOS. The summed E-state index contributed by atoms with van der Waals surface area (Å²) in [6.07, 6.45) is 8.41. The zero-order chi connectivity index (χ0) is 11.2. The van der Waals surface area contributed by atoms with Crippen LogP contribution in [0.25, 0.3) is 0 Å². The number of piperidine rings is 1. The molecule has 2 rings (SSSR count). The van der Waals surface area contributed by atoms with Gasteiger partial charge in [0.15, 0.2) is 0 Å². The van der Waals surface area contributed by atoms with Crippen molar-refractivity contribution < 1.29 is 4.74 Å². The maximum Gasteiger partial charge on any atom is 0.0507 e. The Bertz CT molecular complexity index is 269. The Kier molecular flexibility index (Phi) is 4.94. The first-order valence-electron chi connectivity index (χ1n) is 6.24. The van der Waals surface area contributed by atoms with Gasteiger partial charge in [0.2, 0.25) is 0 Å². The summed E-state index contributed by atoms with van der Waals surface area (Å²) in [5.74, 6) is 2.35. The van der Waals surface area contributed by atoms with Crippen LogP contribution in [0.4, 0.5) is 0 Å². The smallest absolute Gasteiger partial charge is 0.0507 e. The predicted molar refractivity (Wildman–Crippen MR) is 73.2 cm³/mol. The van der Waals surface area contributed by atoms with E-state index in [9.17, 15) is 0 Å². The summed E-state index contributed by atoms with van der Waals surface area (Å²) in [5.41, 5.74) is 0. The molecule has 2 nitrogen and oxygen atoms in total. The third kappa shape index (κ3) is 3.37. The number of hydrogen-bond donors (Lipinski definition) is 2. The first kappa shape index (κ1) is 12.2. The van der Waals surface area contributed by atoms with Gasteiger partial charge in [-0.15, -0.1) is 0 Å². The molecule has 1 unspecified atom stereocenters. The molecule has 0 radical (unpaired) electrons. The highest BCUT2D eigenvalue weighted by Gasteiger charge is 2.18. The van der Waals surface area contributed by atoms with Crippen molar-refractivity contribution in [2.45, 2.75) is 19.3 Å². The van der Waals surface area contributed by atoms with Crippen molar-refractivity contribution in [1.82, 2.24) is 5.32 Å². The highest BCUT2D eigenvalue weighted by atomic mass is 32.2. The Balaban J connectivity index is 1.79. The average Bonchev–Trinajstić information content (AvgIpc) is 2.75. The van der Waals surface area contributed by atoms with Gasteiger partial charge in [-0.05, 0) is 47.9 Å². The average molecular weight is 241 g/mol. The fraction of sp³-hybridized carbons (Fsp3) is 0.692. The molecule has 0 aromatic heterocycles. The highest BCUT2D eigenvalue weighted by Crippen LogP contribution is 2.45. The van der Waals surface area contributed by atoms with E-state index in [0.717, 1.165) is 18.9 Å². The number of rotatable bonds is 5. The molecule has 0 spiro atoms. The molecule has 1 atom stereocenters. The van der Waals surface area contributed by atoms with Gasteiger partial charge in [0, 0.05) is 13.5 Å². The van der Waals surface area contributed by atoms with Crippen LogP contribution in [0.1, 0.15) is 19.3 Å². The minimum atomic E-state index is 0.0298. The van der Waals surface area contributed by atoms with Crippen LogP contribution in [0.5, 0.6) is 0 Å². The summed E-state index contributed by atoms with van der Waals surface area (Å²) in [6.45, 7) is 3.31. The molecule has 0 amide bonds. The fourth-order valence-electron chi connectivity index (χ4n) is 2.40. The van der Waals surface area contributed by atoms with Gasteiger partial charge in [-0.3, -0.25) is 0 Å². The number of methoxy groups -OCH3 is 1. The van der Waals surface area contributed by atoms with Crippen LogP contribution in [0.2, 0.25) is 0 Å². The van der Waals surface area contributed by atoms with E-state index in [4.69, 9.17) is 4.74 Å². The van der Waals surface area contributed by atoms with Crippen LogP contribution in [-0.4, -0.2) is 32.6 Å². The third-order valence-corrected chi connectivity index (χ3v) is 5.95. The molecule has 0 aromatic rings. The molecule has 2 heterocycles. The minimum Gasteiger partial charge on any atom is -0.384 e. The lowest BCUT2D eigenvalue weighted by Gasteiger charge is -2.28. The van der Waals surface area contributed by atoms with Gasteiger partial charge < -0.3 is 10.1 Å². The minimum absolute atomic E-state index is 0.0298. The van der Waals surface area contributed by atoms with Crippen LogP contribution in [0.15, 0.2) is 22.5 Å². The SMILES string of the molecule is COCCC1=CC=C[SH]1CC1CCNCC1. The Hall–Kier alpha value is -0.250. The molecule has 3 heteroatoms. The van der Waals surface area contributed by atoms with Crippen molar-refractivity contribution in [2.24, 2.45) is 5.92 Å². The van der Waals surface area contributed by atoms with Crippen LogP contribution >= 0.6 is 10.9 Å². The number of hydrogen-bond acceptors (Lipinski definition) is 2. The van der Waals surface area contributed by atoms with E-state index in [0.29, 0.717) is 0 Å². The number of nitrogens with one attached hydrogen (secondary N) is 1. The monoisotopic (exact) mass is 241 g/mol. The maximum atomic E-state index is 5.17. The summed E-state index contributed by atoms with van der Waals surface area (Å²) in [6, 6.07) is 0. The van der Waals surface area contributed by atoms with Gasteiger partial charge in [0.05, 0.1) is 6.61 Å². The highest BCUT2D eigenvalue weighted by molar-refractivity contribution is 8.23. The summed E-state index contributed by atoms with van der Waals surface area (Å²) < 4.78 is 5.17. The summed E-state index contributed by atoms with van der Waals surface area (Å²) in [7, 11) is 1.82. The molecule has 1 saturated heterocycles. The lowest BCUT2D eigenvalue weighted by atomic mass is 10.0. The van der Waals surface area contributed by atoms with Crippen LogP contribution in [0.3, 0.4) is 0 Å². The second-order valence-corrected chi connectivity index (χ2v) is 6.77. The molecule has 2 aliphatic heterocycles. The van der Waals surface area contributed by atoms with Crippen molar-refractivity contribution in [2.75, 3.05) is 32.6 Å². The van der Waals surface area contributed by atoms with E-state index < -0.39 is 0 Å². The summed E-state index contributed by atoms with van der Waals surface area (Å²) >= 11 is 0. The van der Waals surface area contributed by atoms with E-state index in [2.05, 4.69) is 22.9 Å². The van der Waals surface area contributed by atoms with Crippen molar-refractivity contribution >= 4 is 10.9 Å². The van der Waals surface area contributed by atoms with E-state index in [1.165, 1.54) is 31.7 Å². The maximum absolute atomic E-state index is 5.17. The molecule has 92 valence electrons. The molecule has 0 aromatic carbocycles. The Morgan fingerprint density at radius 3 is 3.00 bits per heavy atom. The zero-order valence-electron chi connectivity index (χ0n) is 10.1. The molecule has 0 saturated carbocycles. The normalized spacial score (nSPS) is 28.3. The Labute approximate surface area is 101 Å². The van der Waals surface area contributed by atoms with Crippen LogP contribution in [0, 0.1) is 5.92 Å². The van der Waals surface area contributed by atoms with Crippen molar-refractivity contribution in [3.8, 4) is 0 Å². The molecule has 16 heavy (non-hydrogen) atoms. The lowest BCUT2D eigenvalue weighted by Crippen LogP contribution is -2.29. The van der Waals surface area contributed by atoms with Crippen LogP contribution in [-0.2, 0) is 4.74 Å². The second kappa shape index (κ2) is 6.48. The number of ether oxygens (including phenoxy) is 1. The van der Waals surface area contributed by atoms with Crippen molar-refractivity contribution in [3.05, 3.63) is 22.5 Å². The Morgan fingerprint density at radius 2 is 2.25 bits per heavy atom. The number of allylic oxidation sites excluding steroid dienone is 2. The number of thiol groups is 1. The summed E-state index contributed by atoms with van der Waals surface area (Å²) in [5, 5.41) is 5.87. The largest absolute Gasteiger partial charge is 0.384 e. The first-order valence-corrected chi connectivity index (χ1v) is 7.83. The summed E-state index contributed by atoms with van der Waals surface area (Å²) in [4.78, 5) is 1.63. The molecule has 1 N–H and O–H groups in total. The van der Waals surface area contributed by atoms with Crippen molar-refractivity contribution in [3.63, 3.8) is 0 Å². The molecule has 0 bridgehead atoms. The van der Waals surface area contributed by atoms with Crippen molar-refractivity contribution in [1.29, 1.82) is 0 Å². The quantitative estimate of drug-likeness (QED) is 0.721. The predicted octanol–water partition coefficient (Wildman–Crippen LogP) is 2.43. The van der Waals surface area contributed by atoms with Gasteiger partial charge >= 0.3 is 0 Å². The third-order valence-electron chi connectivity index (χ3n) is 3.40. The van der Waals surface area contributed by atoms with Gasteiger partial charge in [0.25, 0.3) is 0 Å². The standard InChI is InChI=1S/C13H23NOS/c1-15-9-6-13-3-2-10-16(13)11-12-4-7-14-8-5-12/h2-3,10,12,14,16H,4-9,11H2,1H3. The molecular weight excluding hydrogens is 218 g/mol. The fourth-order valence-corrected chi connectivity index (χ4v) is 4.82. The molecule has 0 aliphatic carbocycles. The van der Waals surface area contributed by atoms with Gasteiger partial charge in [0.1, 0.15) is 0 Å². The lowest BCUT2D eigenvalue weighted by molar-refractivity contribution is 0.203. The van der Waals surface area contributed by atoms with E-state index in [1.54, 1.807) is 12.0 Å². The molecule has 1 fully saturated rings. The topological polar surface area (TPSA) is 21.3 Å². The van der Waals surface area contributed by atoms with E-state index >= 15 is 0 Å². The Morgan fingerprint density at radius 1 is 1.44 bits per heavy atom. The first-order chi connectivity index (χ1) is 7.90. The van der Waals surface area contributed by atoms with Gasteiger partial charge in [-0.25, -0.2) is 10.9 Å². The van der Waals surface area contributed by atoms with E-state index in [-0.39, 0.29) is 10.9 Å². The van der Waals surface area contributed by atoms with Crippen LogP contribution < -0.4 is 5.32 Å².